The van der Waals surface area contributed by atoms with Gasteiger partial charge in [-0.05, 0) is 12.1 Å². The highest BCUT2D eigenvalue weighted by Gasteiger charge is 2.13. The van der Waals surface area contributed by atoms with E-state index in [1.807, 2.05) is 0 Å². The van der Waals surface area contributed by atoms with E-state index in [0.29, 0.717) is 16.1 Å². The molecule has 0 bridgehead atoms. The summed E-state index contributed by atoms with van der Waals surface area (Å²) >= 11 is 7.12. The third-order valence-corrected chi connectivity index (χ3v) is 3.05. The van der Waals surface area contributed by atoms with Crippen LogP contribution in [0.5, 0.6) is 0 Å². The molecule has 0 aliphatic heterocycles. The molecule has 1 aromatic heterocycles. The molecule has 5 heteroatoms. The molecule has 0 fully saturated rings. The Kier molecular flexibility index (Phi) is 2.09. The van der Waals surface area contributed by atoms with E-state index >= 15 is 0 Å². The first-order valence-corrected chi connectivity index (χ1v) is 5.05. The lowest BCUT2D eigenvalue weighted by Gasteiger charge is -1.99. The van der Waals surface area contributed by atoms with Crippen LogP contribution < -0.4 is 5.73 Å². The molecule has 2 aromatic rings. The minimum Gasteiger partial charge on any atom is -0.478 e. The molecule has 14 heavy (non-hydrogen) atoms. The zero-order valence-electron chi connectivity index (χ0n) is 6.95. The third-order valence-electron chi connectivity index (χ3n) is 1.90. The van der Waals surface area contributed by atoms with Gasteiger partial charge in [-0.2, -0.15) is 0 Å². The summed E-state index contributed by atoms with van der Waals surface area (Å²) in [5.74, 6) is -0.967. The Bertz CT molecular complexity index is 521. The second kappa shape index (κ2) is 3.15. The number of rotatable bonds is 1. The van der Waals surface area contributed by atoms with Crippen LogP contribution in [-0.2, 0) is 0 Å². The highest BCUT2D eigenvalue weighted by molar-refractivity contribution is 7.17. The van der Waals surface area contributed by atoms with Gasteiger partial charge in [-0.25, -0.2) is 4.79 Å². The van der Waals surface area contributed by atoms with Crippen molar-refractivity contribution in [1.82, 2.24) is 0 Å². The van der Waals surface area contributed by atoms with Crippen LogP contribution in [0.4, 0.5) is 5.69 Å². The molecular weight excluding hydrogens is 222 g/mol. The summed E-state index contributed by atoms with van der Waals surface area (Å²) in [5, 5.41) is 11.6. The van der Waals surface area contributed by atoms with Crippen LogP contribution in [0.15, 0.2) is 17.5 Å². The van der Waals surface area contributed by atoms with Crippen LogP contribution in [0.3, 0.4) is 0 Å². The van der Waals surface area contributed by atoms with Crippen molar-refractivity contribution < 1.29 is 9.90 Å². The molecule has 3 nitrogen and oxygen atoms in total. The van der Waals surface area contributed by atoms with Crippen molar-refractivity contribution in [3.05, 3.63) is 28.1 Å². The monoisotopic (exact) mass is 227 g/mol. The predicted octanol–water partition coefficient (Wildman–Crippen LogP) is 2.84. The number of thiophene rings is 1. The SMILES string of the molecule is Nc1cc(Cl)cc2scc(C(=O)O)c12. The molecule has 1 aromatic carbocycles. The van der Waals surface area contributed by atoms with Crippen molar-refractivity contribution >= 4 is 44.7 Å². The quantitative estimate of drug-likeness (QED) is 0.737. The summed E-state index contributed by atoms with van der Waals surface area (Å²) in [6.45, 7) is 0. The van der Waals surface area contributed by atoms with Crippen LogP contribution in [0.25, 0.3) is 10.1 Å². The molecule has 2 rings (SSSR count). The van der Waals surface area contributed by atoms with Gasteiger partial charge in [-0.15, -0.1) is 11.3 Å². The maximum Gasteiger partial charge on any atom is 0.337 e. The second-order valence-corrected chi connectivity index (χ2v) is 4.17. The van der Waals surface area contributed by atoms with E-state index in [1.54, 1.807) is 17.5 Å². The number of carboxylic acids is 1. The number of carbonyl (C=O) groups is 1. The number of hydrogen-bond donors (Lipinski definition) is 2. The highest BCUT2D eigenvalue weighted by atomic mass is 35.5. The summed E-state index contributed by atoms with van der Waals surface area (Å²) in [4.78, 5) is 10.8. The predicted molar refractivity (Wildman–Crippen MR) is 58.2 cm³/mol. The molecule has 0 spiro atoms. The lowest BCUT2D eigenvalue weighted by atomic mass is 10.1. The molecule has 72 valence electrons. The number of carboxylic acid groups (broad SMARTS) is 1. The fourth-order valence-electron chi connectivity index (χ4n) is 1.32. The van der Waals surface area contributed by atoms with Crippen molar-refractivity contribution in [2.24, 2.45) is 0 Å². The standard InChI is InChI=1S/C9H6ClNO2S/c10-4-1-6(11)8-5(9(12)13)3-14-7(8)2-4/h1-3H,11H2,(H,12,13). The number of anilines is 1. The lowest BCUT2D eigenvalue weighted by molar-refractivity contribution is 0.0699. The van der Waals surface area contributed by atoms with Crippen molar-refractivity contribution in [3.8, 4) is 0 Å². The van der Waals surface area contributed by atoms with E-state index < -0.39 is 5.97 Å². The summed E-state index contributed by atoms with van der Waals surface area (Å²) in [7, 11) is 0. The largest absolute Gasteiger partial charge is 0.478 e. The van der Waals surface area contributed by atoms with Gasteiger partial charge in [0, 0.05) is 26.2 Å². The Labute approximate surface area is 88.7 Å². The molecular formula is C9H6ClNO2S. The van der Waals surface area contributed by atoms with Crippen LogP contribution in [0.1, 0.15) is 10.4 Å². The van der Waals surface area contributed by atoms with Gasteiger partial charge in [0.2, 0.25) is 0 Å². The van der Waals surface area contributed by atoms with E-state index in [9.17, 15) is 4.79 Å². The van der Waals surface area contributed by atoms with Gasteiger partial charge in [0.25, 0.3) is 0 Å². The minimum atomic E-state index is -0.967. The Morgan fingerprint density at radius 2 is 2.21 bits per heavy atom. The number of nitrogens with two attached hydrogens (primary N) is 1. The maximum atomic E-state index is 10.8. The summed E-state index contributed by atoms with van der Waals surface area (Å²) in [6.07, 6.45) is 0. The van der Waals surface area contributed by atoms with Gasteiger partial charge in [0.15, 0.2) is 0 Å². The van der Waals surface area contributed by atoms with Crippen molar-refractivity contribution in [1.29, 1.82) is 0 Å². The number of benzene rings is 1. The van der Waals surface area contributed by atoms with E-state index in [0.717, 1.165) is 4.70 Å². The first kappa shape index (κ1) is 9.30. The molecule has 0 radical (unpaired) electrons. The lowest BCUT2D eigenvalue weighted by Crippen LogP contribution is -1.96. The molecule has 3 N–H and O–H groups in total. The van der Waals surface area contributed by atoms with Crippen LogP contribution in [0.2, 0.25) is 5.02 Å². The van der Waals surface area contributed by atoms with Crippen LogP contribution in [-0.4, -0.2) is 11.1 Å². The smallest absolute Gasteiger partial charge is 0.337 e. The zero-order chi connectivity index (χ0) is 10.3. The zero-order valence-corrected chi connectivity index (χ0v) is 8.52. The minimum absolute atomic E-state index is 0.235. The average molecular weight is 228 g/mol. The summed E-state index contributed by atoms with van der Waals surface area (Å²) in [5.41, 5.74) is 6.34. The fraction of sp³-hybridized carbons (Fsp3) is 0. The average Bonchev–Trinajstić information content (AvgIpc) is 2.47. The molecule has 0 saturated heterocycles. The second-order valence-electron chi connectivity index (χ2n) is 2.82. The topological polar surface area (TPSA) is 63.3 Å². The van der Waals surface area contributed by atoms with Crippen LogP contribution in [0, 0.1) is 0 Å². The fourth-order valence-corrected chi connectivity index (χ4v) is 2.62. The first-order chi connectivity index (χ1) is 6.59. The van der Waals surface area contributed by atoms with E-state index in [1.165, 1.54) is 11.3 Å². The van der Waals surface area contributed by atoms with Gasteiger partial charge in [-0.3, -0.25) is 0 Å². The van der Waals surface area contributed by atoms with Crippen LogP contribution >= 0.6 is 22.9 Å². The molecule has 0 aliphatic rings. The Balaban J connectivity index is 2.85. The molecule has 0 atom stereocenters. The molecule has 0 unspecified atom stereocenters. The van der Waals surface area contributed by atoms with Gasteiger partial charge in [-0.1, -0.05) is 11.6 Å². The van der Waals surface area contributed by atoms with E-state index in [4.69, 9.17) is 22.4 Å². The number of nitrogen functional groups attached to an aromatic ring is 1. The number of aromatic carboxylic acids is 1. The normalized spacial score (nSPS) is 10.6. The summed E-state index contributed by atoms with van der Waals surface area (Å²) < 4.78 is 0.799. The van der Waals surface area contributed by atoms with E-state index in [-0.39, 0.29) is 5.56 Å². The summed E-state index contributed by atoms with van der Waals surface area (Å²) in [6, 6.07) is 3.27. The third kappa shape index (κ3) is 1.32. The molecule has 1 heterocycles. The van der Waals surface area contributed by atoms with Crippen molar-refractivity contribution in [2.45, 2.75) is 0 Å². The number of halogens is 1. The van der Waals surface area contributed by atoms with Crippen molar-refractivity contribution in [3.63, 3.8) is 0 Å². The number of hydrogen-bond acceptors (Lipinski definition) is 3. The molecule has 0 saturated carbocycles. The Morgan fingerprint density at radius 1 is 1.50 bits per heavy atom. The van der Waals surface area contributed by atoms with Gasteiger partial charge in [0.05, 0.1) is 5.56 Å². The van der Waals surface area contributed by atoms with E-state index in [2.05, 4.69) is 0 Å². The van der Waals surface area contributed by atoms with Gasteiger partial charge >= 0.3 is 5.97 Å². The molecule has 0 amide bonds. The highest BCUT2D eigenvalue weighted by Crippen LogP contribution is 2.33. The van der Waals surface area contributed by atoms with Gasteiger partial charge in [0.1, 0.15) is 0 Å². The van der Waals surface area contributed by atoms with Crippen molar-refractivity contribution in [2.75, 3.05) is 5.73 Å². The first-order valence-electron chi connectivity index (χ1n) is 3.79. The number of fused-ring (bicyclic) bond motifs is 1. The molecule has 0 aliphatic carbocycles. The van der Waals surface area contributed by atoms with Gasteiger partial charge < -0.3 is 10.8 Å². The Morgan fingerprint density at radius 3 is 2.86 bits per heavy atom. The maximum absolute atomic E-state index is 10.8. The Hall–Kier alpha value is -1.26.